The highest BCUT2D eigenvalue weighted by atomic mass is 35.5. The fraction of sp³-hybridized carbons (Fsp3) is 0.274. The quantitative estimate of drug-likeness (QED) is 0.0316. The molecule has 708 valence electrons. The molecular formula is C95H80Cl4F12N20O6. The molecular weight excluding hydrogens is 1890 g/mol. The van der Waals surface area contributed by atoms with E-state index in [9.17, 15) is 75.3 Å². The number of rotatable bonds is 15. The first-order valence-electron chi connectivity index (χ1n) is 42.1. The monoisotopic (exact) mass is 1960 g/mol. The van der Waals surface area contributed by atoms with Crippen molar-refractivity contribution in [3.63, 3.8) is 0 Å². The molecule has 4 N–H and O–H groups in total. The zero-order chi connectivity index (χ0) is 100. The number of nitriles is 3. The number of pyridine rings is 9. The number of anilines is 5. The lowest BCUT2D eigenvalue weighted by Crippen LogP contribution is -2.54. The number of carbonyl (C=O) groups is 3. The van der Waals surface area contributed by atoms with Gasteiger partial charge in [0, 0.05) is 112 Å². The van der Waals surface area contributed by atoms with E-state index in [0.717, 1.165) is 9.13 Å². The van der Waals surface area contributed by atoms with Gasteiger partial charge in [-0.15, -0.1) is 0 Å². The number of aryl methyl sites for hydroxylation is 3. The second-order valence-electron chi connectivity index (χ2n) is 33.2. The highest BCUT2D eigenvalue weighted by molar-refractivity contribution is 6.38. The van der Waals surface area contributed by atoms with E-state index in [1.165, 1.54) is 47.2 Å². The van der Waals surface area contributed by atoms with Crippen LogP contribution in [0, 0.1) is 125 Å². The largest absolute Gasteiger partial charge is 0.395 e. The molecule has 0 unspecified atom stereocenters. The second kappa shape index (κ2) is 39.5. The Hall–Kier alpha value is -14.4. The van der Waals surface area contributed by atoms with Gasteiger partial charge in [0.2, 0.25) is 23.5 Å². The average molecular weight is 1970 g/mol. The van der Waals surface area contributed by atoms with Crippen molar-refractivity contribution in [2.75, 3.05) is 91.6 Å². The van der Waals surface area contributed by atoms with Gasteiger partial charge in [0.05, 0.1) is 111 Å². The first-order chi connectivity index (χ1) is 64.8. The summed E-state index contributed by atoms with van der Waals surface area (Å²) in [5.41, 5.74) is 4.42. The average Bonchev–Trinajstić information content (AvgIpc) is 0.727. The molecule has 0 spiro atoms. The molecule has 15 rings (SSSR count). The van der Waals surface area contributed by atoms with Gasteiger partial charge in [0.15, 0.2) is 64.0 Å². The van der Waals surface area contributed by atoms with Gasteiger partial charge >= 0.3 is 0 Å². The van der Waals surface area contributed by atoms with Crippen LogP contribution in [0.1, 0.15) is 124 Å². The molecule has 0 saturated carbocycles. The molecule has 9 aromatic heterocycles. The van der Waals surface area contributed by atoms with Crippen LogP contribution in [0.5, 0.6) is 0 Å². The Kier molecular flexibility index (Phi) is 28.9. The van der Waals surface area contributed by atoms with E-state index in [0.29, 0.717) is 39.5 Å². The van der Waals surface area contributed by atoms with Crippen LogP contribution in [0.3, 0.4) is 0 Å². The molecule has 0 aliphatic carbocycles. The molecule has 3 aliphatic rings. The summed E-state index contributed by atoms with van der Waals surface area (Å²) in [6, 6.07) is 14.0. The summed E-state index contributed by atoms with van der Waals surface area (Å²) >= 11 is 26.0. The van der Waals surface area contributed by atoms with Crippen molar-refractivity contribution in [3.8, 4) is 69.0 Å². The van der Waals surface area contributed by atoms with Crippen molar-refractivity contribution in [1.82, 2.24) is 58.3 Å². The Morgan fingerprint density at radius 3 is 1.01 bits per heavy atom. The van der Waals surface area contributed by atoms with Crippen LogP contribution in [0.15, 0.2) is 107 Å². The Bertz CT molecular complexity index is 7140. The normalized spacial score (nSPS) is 14.5. The summed E-state index contributed by atoms with van der Waals surface area (Å²) in [5.74, 6) is -25.3. The van der Waals surface area contributed by atoms with Crippen molar-refractivity contribution < 1.29 is 67.1 Å². The molecule has 0 bridgehead atoms. The van der Waals surface area contributed by atoms with Crippen LogP contribution >= 0.6 is 46.4 Å². The van der Waals surface area contributed by atoms with Crippen molar-refractivity contribution in [3.05, 3.63) is 264 Å². The van der Waals surface area contributed by atoms with Gasteiger partial charge in [0.25, 0.3) is 16.7 Å². The Balaban J connectivity index is 0.000000174. The van der Waals surface area contributed by atoms with Gasteiger partial charge in [-0.2, -0.15) is 15.8 Å². The summed E-state index contributed by atoms with van der Waals surface area (Å²) in [5, 5.41) is 29.8. The number of nitrogen functional groups attached to an aromatic ring is 2. The molecule has 12 aromatic rings. The van der Waals surface area contributed by atoms with Crippen molar-refractivity contribution in [2.45, 2.75) is 106 Å². The smallest absolute Gasteiger partial charge is 0.276 e. The molecule has 2 atom stereocenters. The number of fused-ring (bicyclic) bond motifs is 3. The molecule has 0 radical (unpaired) electrons. The third-order valence-corrected chi connectivity index (χ3v) is 25.0. The molecule has 3 aromatic carbocycles. The zero-order valence-corrected chi connectivity index (χ0v) is 77.7. The first-order valence-corrected chi connectivity index (χ1v) is 43.6. The van der Waals surface area contributed by atoms with E-state index >= 15 is 22.0 Å². The molecule has 3 amide bonds. The zero-order valence-electron chi connectivity index (χ0n) is 74.7. The van der Waals surface area contributed by atoms with Gasteiger partial charge in [-0.05, 0) is 124 Å². The Labute approximate surface area is 793 Å². The van der Waals surface area contributed by atoms with E-state index in [4.69, 9.17) is 57.9 Å². The second-order valence-corrected chi connectivity index (χ2v) is 34.8. The summed E-state index contributed by atoms with van der Waals surface area (Å²) in [6.45, 7) is 32.5. The number of piperazine rings is 3. The molecule has 26 nitrogen and oxygen atoms in total. The first kappa shape index (κ1) is 100. The van der Waals surface area contributed by atoms with Gasteiger partial charge < -0.3 is 40.9 Å². The lowest BCUT2D eigenvalue weighted by atomic mass is 10.0. The maximum absolute atomic E-state index is 15.3. The summed E-state index contributed by atoms with van der Waals surface area (Å²) in [4.78, 5) is 117. The standard InChI is InChI=1S/C32H26ClF5N6O2.C32H28ClF4N7O2.C31H26Cl2F3N7O2/c1-6-20(45)43-10-9-42(13-16(43)5)30-17-11-19(33)28(21-22(34)24(36)26(38)25(37)23(21)35)41-31(17)44(32(46)18(30)12-39)29-15(4)7-8-40-27(29)14(2)3;1-6-20(45)43-10-9-42(13-16(43)5)30-17-11-19(33)28(21-22(34)24(36)25(37)26(39)23(21)35)41-31(17)44(32(46)18(30)12-38)29-15(4)7-8-40-27(29)14(2)3;1-5-19(44)41-8-10-42(11-9-41)29-16-12-18(32)27(20-21(33)25(38)24(36)23(35)22(20)34)40-30(16)43(31(45)17(29)13-37)28-15(4)6-7-39-26(28)14(2)3/h6-8,11,14,16H,1,9-10,13H2,2-5H3;6-8,11,14,16H,1,9-10,13,39H2,2-5H3;5-7,12,14H,1,8-11,38H2,2-4H3/t2*16-;/m11./s1. The minimum absolute atomic E-state index is 0.0743. The Morgan fingerprint density at radius 2 is 0.693 bits per heavy atom. The fourth-order valence-corrected chi connectivity index (χ4v) is 18.1. The summed E-state index contributed by atoms with van der Waals surface area (Å²) in [7, 11) is 0. The minimum Gasteiger partial charge on any atom is -0.395 e. The lowest BCUT2D eigenvalue weighted by molar-refractivity contribution is -0.129. The highest BCUT2D eigenvalue weighted by Gasteiger charge is 2.40. The number of halogens is 16. The number of aromatic nitrogens is 9. The SMILES string of the molecule is C=CC(=O)N1CCN(c2c(C#N)c(=O)n(-c3c(C)ccnc3C(C)C)c3nc(-c4c(F)c(F)c(F)c(F)c4F)c(Cl)cc23)C[C@H]1C.C=CC(=O)N1CCN(c2c(C#N)c(=O)n(-c3c(C)ccnc3C(C)C)c3nc(-c4c(F)c(F)c(F)c(N)c4Cl)c(Cl)cc23)CC1.C=CC(=O)N1CCN(c2c(C#N)c(=O)n(-c3c(C)ccnc3C(C)C)c3nc(-c4c(F)c(N)c(F)c(F)c4F)c(Cl)cc23)C[C@H]1C. The Morgan fingerprint density at radius 1 is 0.409 bits per heavy atom. The molecule has 12 heterocycles. The van der Waals surface area contributed by atoms with Crippen LogP contribution < -0.4 is 42.8 Å². The van der Waals surface area contributed by atoms with Crippen LogP contribution in [0.2, 0.25) is 20.1 Å². The van der Waals surface area contributed by atoms with E-state index < -0.39 is 153 Å². The maximum atomic E-state index is 15.3. The molecule has 42 heteroatoms. The number of carbonyl (C=O) groups excluding carboxylic acids is 3. The summed E-state index contributed by atoms with van der Waals surface area (Å²) in [6.07, 6.45) is 8.24. The molecule has 3 saturated heterocycles. The van der Waals surface area contributed by atoms with Gasteiger partial charge in [-0.1, -0.05) is 108 Å². The number of amides is 3. The van der Waals surface area contributed by atoms with Crippen LogP contribution in [0.4, 0.5) is 81.1 Å². The topological polar surface area (TPSA) is 337 Å². The number of hydrogen-bond acceptors (Lipinski definition) is 20. The number of benzene rings is 3. The number of hydrogen-bond donors (Lipinski definition) is 2. The fourth-order valence-electron chi connectivity index (χ4n) is 17.1. The third kappa shape index (κ3) is 17.5. The molecule has 3 fully saturated rings. The maximum Gasteiger partial charge on any atom is 0.276 e. The van der Waals surface area contributed by atoms with Crippen molar-refractivity contribution >= 4 is 126 Å². The lowest BCUT2D eigenvalue weighted by Gasteiger charge is -2.41. The molecule has 3 aliphatic heterocycles. The predicted molar refractivity (Wildman–Crippen MR) is 497 cm³/mol. The highest BCUT2D eigenvalue weighted by Crippen LogP contribution is 2.47. The van der Waals surface area contributed by atoms with E-state index in [-0.39, 0.29) is 190 Å². The van der Waals surface area contributed by atoms with E-state index in [2.05, 4.69) is 49.6 Å². The van der Waals surface area contributed by atoms with Crippen LogP contribution in [-0.4, -0.2) is 154 Å². The summed E-state index contributed by atoms with van der Waals surface area (Å²) < 4.78 is 179. The van der Waals surface area contributed by atoms with Gasteiger partial charge in [0.1, 0.15) is 57.5 Å². The van der Waals surface area contributed by atoms with E-state index in [1.807, 2.05) is 59.8 Å². The molecule has 137 heavy (non-hydrogen) atoms. The van der Waals surface area contributed by atoms with Crippen molar-refractivity contribution in [2.24, 2.45) is 0 Å². The number of nitrogens with two attached hydrogens (primary N) is 2. The van der Waals surface area contributed by atoms with Crippen molar-refractivity contribution in [1.29, 1.82) is 15.8 Å². The van der Waals surface area contributed by atoms with Gasteiger partial charge in [-0.3, -0.25) is 57.4 Å². The predicted octanol–water partition coefficient (Wildman–Crippen LogP) is 18.0. The van der Waals surface area contributed by atoms with Crippen LogP contribution in [-0.2, 0) is 14.4 Å². The third-order valence-electron chi connectivity index (χ3n) is 23.7. The number of nitrogens with zero attached hydrogens (tertiary/aromatic N) is 18. The van der Waals surface area contributed by atoms with E-state index in [1.54, 1.807) is 94.6 Å². The van der Waals surface area contributed by atoms with Gasteiger partial charge in [-0.25, -0.2) is 67.6 Å². The minimum atomic E-state index is -2.36. The van der Waals surface area contributed by atoms with Crippen LogP contribution in [0.25, 0.3) is 83.9 Å².